The Balaban J connectivity index is 1.91. The first-order chi connectivity index (χ1) is 13.3. The van der Waals surface area contributed by atoms with Crippen molar-refractivity contribution < 1.29 is 22.0 Å². The number of benzene rings is 3. The van der Waals surface area contributed by atoms with E-state index in [1.807, 2.05) is 0 Å². The summed E-state index contributed by atoms with van der Waals surface area (Å²) >= 11 is 0. The molecule has 3 aromatic rings. The van der Waals surface area contributed by atoms with E-state index >= 15 is 0 Å². The number of aryl methyl sites for hydroxylation is 1. The van der Waals surface area contributed by atoms with Crippen LogP contribution in [0.5, 0.6) is 0 Å². The van der Waals surface area contributed by atoms with Crippen LogP contribution >= 0.6 is 0 Å². The fourth-order valence-electron chi connectivity index (χ4n) is 2.51. The van der Waals surface area contributed by atoms with Crippen molar-refractivity contribution in [2.24, 2.45) is 0 Å². The van der Waals surface area contributed by atoms with Gasteiger partial charge in [0.1, 0.15) is 11.6 Å². The molecule has 0 aliphatic rings. The summed E-state index contributed by atoms with van der Waals surface area (Å²) in [6.07, 6.45) is 0. The second-order valence-corrected chi connectivity index (χ2v) is 7.68. The fraction of sp³-hybridized carbons (Fsp3) is 0.0500. The third-order valence-electron chi connectivity index (χ3n) is 4.00. The van der Waals surface area contributed by atoms with E-state index < -0.39 is 27.6 Å². The molecular weight excluding hydrogens is 386 g/mol. The molecule has 0 fully saturated rings. The van der Waals surface area contributed by atoms with E-state index in [1.165, 1.54) is 48.5 Å². The van der Waals surface area contributed by atoms with Crippen LogP contribution in [0.2, 0.25) is 0 Å². The SMILES string of the molecule is Cc1ccc(S(=O)(=O)Nc2ccccc2F)cc1C(=O)Nc1ccccc1F. The predicted molar refractivity (Wildman–Crippen MR) is 103 cm³/mol. The molecule has 0 aromatic heterocycles. The average Bonchev–Trinajstić information content (AvgIpc) is 2.65. The minimum absolute atomic E-state index is 0.0235. The van der Waals surface area contributed by atoms with Gasteiger partial charge >= 0.3 is 0 Å². The molecule has 3 aromatic carbocycles. The summed E-state index contributed by atoms with van der Waals surface area (Å²) in [5, 5.41) is 2.42. The monoisotopic (exact) mass is 402 g/mol. The van der Waals surface area contributed by atoms with E-state index in [-0.39, 0.29) is 21.8 Å². The number of nitrogens with one attached hydrogen (secondary N) is 2. The number of amides is 1. The maximum Gasteiger partial charge on any atom is 0.262 e. The summed E-state index contributed by atoms with van der Waals surface area (Å²) in [6.45, 7) is 1.62. The Hall–Kier alpha value is -3.26. The Morgan fingerprint density at radius 1 is 0.857 bits per heavy atom. The highest BCUT2D eigenvalue weighted by Gasteiger charge is 2.20. The number of para-hydroxylation sites is 2. The van der Waals surface area contributed by atoms with E-state index in [2.05, 4.69) is 10.0 Å². The van der Waals surface area contributed by atoms with Crippen LogP contribution in [0.25, 0.3) is 0 Å². The summed E-state index contributed by atoms with van der Waals surface area (Å²) in [6, 6.07) is 14.9. The van der Waals surface area contributed by atoms with Gasteiger partial charge in [0.15, 0.2) is 0 Å². The van der Waals surface area contributed by atoms with E-state index in [1.54, 1.807) is 13.0 Å². The fourth-order valence-corrected chi connectivity index (χ4v) is 3.61. The molecule has 144 valence electrons. The molecular formula is C20H16F2N2O3S. The molecule has 0 atom stereocenters. The Kier molecular flexibility index (Phi) is 5.41. The largest absolute Gasteiger partial charge is 0.319 e. The lowest BCUT2D eigenvalue weighted by Gasteiger charge is -2.12. The highest BCUT2D eigenvalue weighted by molar-refractivity contribution is 7.92. The molecule has 0 unspecified atom stereocenters. The van der Waals surface area contributed by atoms with Crippen molar-refractivity contribution in [3.8, 4) is 0 Å². The second kappa shape index (κ2) is 7.77. The molecule has 1 amide bonds. The van der Waals surface area contributed by atoms with Crippen LogP contribution in [0.1, 0.15) is 15.9 Å². The molecule has 8 heteroatoms. The highest BCUT2D eigenvalue weighted by Crippen LogP contribution is 2.22. The van der Waals surface area contributed by atoms with Crippen molar-refractivity contribution in [1.82, 2.24) is 0 Å². The summed E-state index contributed by atoms with van der Waals surface area (Å²) in [7, 11) is -4.13. The lowest BCUT2D eigenvalue weighted by Crippen LogP contribution is -2.18. The molecule has 3 rings (SSSR count). The maximum absolute atomic E-state index is 13.8. The first-order valence-electron chi connectivity index (χ1n) is 8.22. The van der Waals surface area contributed by atoms with Gasteiger partial charge in [-0.1, -0.05) is 30.3 Å². The standard InChI is InChI=1S/C20H16F2N2O3S/c1-13-10-11-14(28(26,27)24-19-9-5-3-7-17(19)22)12-15(13)20(25)23-18-8-4-2-6-16(18)21/h2-12,24H,1H3,(H,23,25). The third kappa shape index (κ3) is 4.17. The molecule has 0 radical (unpaired) electrons. The van der Waals surface area contributed by atoms with Crippen molar-refractivity contribution in [3.63, 3.8) is 0 Å². The molecule has 0 spiro atoms. The van der Waals surface area contributed by atoms with E-state index in [0.29, 0.717) is 5.56 Å². The second-order valence-electron chi connectivity index (χ2n) is 6.00. The number of carbonyl (C=O) groups is 1. The minimum atomic E-state index is -4.13. The van der Waals surface area contributed by atoms with Crippen molar-refractivity contribution in [2.75, 3.05) is 10.0 Å². The third-order valence-corrected chi connectivity index (χ3v) is 5.37. The normalized spacial score (nSPS) is 11.1. The predicted octanol–water partition coefficient (Wildman–Crippen LogP) is 4.33. The number of carbonyl (C=O) groups excluding carboxylic acids is 1. The smallest absolute Gasteiger partial charge is 0.262 e. The van der Waals surface area contributed by atoms with Gasteiger partial charge in [-0.2, -0.15) is 0 Å². The molecule has 5 nitrogen and oxygen atoms in total. The number of rotatable bonds is 5. The van der Waals surface area contributed by atoms with Gasteiger partial charge in [-0.3, -0.25) is 9.52 Å². The highest BCUT2D eigenvalue weighted by atomic mass is 32.2. The number of anilines is 2. The van der Waals surface area contributed by atoms with E-state index in [0.717, 1.165) is 12.1 Å². The zero-order valence-electron chi connectivity index (χ0n) is 14.7. The van der Waals surface area contributed by atoms with Gasteiger partial charge in [0, 0.05) is 5.56 Å². The van der Waals surface area contributed by atoms with Crippen LogP contribution < -0.4 is 10.0 Å². The molecule has 0 bridgehead atoms. The zero-order chi connectivity index (χ0) is 20.3. The first-order valence-corrected chi connectivity index (χ1v) is 9.70. The van der Waals surface area contributed by atoms with E-state index in [4.69, 9.17) is 0 Å². The number of hydrogen-bond acceptors (Lipinski definition) is 3. The van der Waals surface area contributed by atoms with Crippen LogP contribution in [-0.2, 0) is 10.0 Å². The van der Waals surface area contributed by atoms with Gasteiger partial charge in [0.05, 0.1) is 16.3 Å². The zero-order valence-corrected chi connectivity index (χ0v) is 15.6. The van der Waals surface area contributed by atoms with Gasteiger partial charge in [-0.25, -0.2) is 17.2 Å². The van der Waals surface area contributed by atoms with Crippen LogP contribution in [0.15, 0.2) is 71.6 Å². The summed E-state index contributed by atoms with van der Waals surface area (Å²) in [5.74, 6) is -2.00. The molecule has 0 heterocycles. The number of hydrogen-bond donors (Lipinski definition) is 2. The Bertz CT molecular complexity index is 1150. The minimum Gasteiger partial charge on any atom is -0.319 e. The first kappa shape index (κ1) is 19.5. The number of halogens is 2. The Morgan fingerprint density at radius 3 is 2.04 bits per heavy atom. The van der Waals surface area contributed by atoms with Gasteiger partial charge in [0.2, 0.25) is 0 Å². The summed E-state index contributed by atoms with van der Waals surface area (Å²) in [4.78, 5) is 12.3. The Morgan fingerprint density at radius 2 is 1.43 bits per heavy atom. The number of sulfonamides is 1. The van der Waals surface area contributed by atoms with Crippen LogP contribution in [-0.4, -0.2) is 14.3 Å². The van der Waals surface area contributed by atoms with Crippen LogP contribution in [0.4, 0.5) is 20.2 Å². The lowest BCUT2D eigenvalue weighted by molar-refractivity contribution is 0.102. The van der Waals surface area contributed by atoms with Crippen LogP contribution in [0, 0.1) is 18.6 Å². The van der Waals surface area contributed by atoms with Crippen LogP contribution in [0.3, 0.4) is 0 Å². The Labute approximate surface area is 161 Å². The van der Waals surface area contributed by atoms with Gasteiger partial charge in [-0.05, 0) is 48.9 Å². The topological polar surface area (TPSA) is 75.3 Å². The lowest BCUT2D eigenvalue weighted by atomic mass is 10.1. The van der Waals surface area contributed by atoms with Gasteiger partial charge < -0.3 is 5.32 Å². The summed E-state index contributed by atoms with van der Waals surface area (Å²) in [5.41, 5.74) is 0.323. The van der Waals surface area contributed by atoms with Crippen molar-refractivity contribution in [1.29, 1.82) is 0 Å². The molecule has 28 heavy (non-hydrogen) atoms. The van der Waals surface area contributed by atoms with Gasteiger partial charge in [0.25, 0.3) is 15.9 Å². The van der Waals surface area contributed by atoms with Gasteiger partial charge in [-0.15, -0.1) is 0 Å². The molecule has 2 N–H and O–H groups in total. The van der Waals surface area contributed by atoms with Crippen molar-refractivity contribution in [3.05, 3.63) is 89.5 Å². The molecule has 0 saturated heterocycles. The molecule has 0 aliphatic carbocycles. The average molecular weight is 402 g/mol. The quantitative estimate of drug-likeness (QED) is 0.667. The van der Waals surface area contributed by atoms with E-state index in [9.17, 15) is 22.0 Å². The van der Waals surface area contributed by atoms with Crippen molar-refractivity contribution in [2.45, 2.75) is 11.8 Å². The molecule has 0 aliphatic heterocycles. The van der Waals surface area contributed by atoms with Crippen molar-refractivity contribution >= 4 is 27.3 Å². The summed E-state index contributed by atoms with van der Waals surface area (Å²) < 4.78 is 54.8. The molecule has 0 saturated carbocycles. The maximum atomic E-state index is 13.8.